The van der Waals surface area contributed by atoms with Gasteiger partial charge in [-0.2, -0.15) is 0 Å². The number of hydrogen-bond acceptors (Lipinski definition) is 14. The second-order valence-corrected chi connectivity index (χ2v) is 14.3. The fourth-order valence-electron chi connectivity index (χ4n) is 6.47. The number of nitrogens with one attached hydrogen (secondary N) is 5. The van der Waals surface area contributed by atoms with Gasteiger partial charge in [0.2, 0.25) is 0 Å². The van der Waals surface area contributed by atoms with Crippen molar-refractivity contribution in [3.8, 4) is 0 Å². The summed E-state index contributed by atoms with van der Waals surface area (Å²) in [5, 5.41) is 17.0. The summed E-state index contributed by atoms with van der Waals surface area (Å²) >= 11 is 0. The van der Waals surface area contributed by atoms with Gasteiger partial charge in [-0.05, 0) is 102 Å². The van der Waals surface area contributed by atoms with E-state index in [-0.39, 0.29) is 20.6 Å². The molecule has 0 unspecified atom stereocenters. The molecule has 5 aliphatic rings. The van der Waals surface area contributed by atoms with E-state index in [1.807, 2.05) is 18.2 Å². The Morgan fingerprint density at radius 1 is 0.500 bits per heavy atom. The molecule has 60 heavy (non-hydrogen) atoms. The zero-order chi connectivity index (χ0) is 41.9. The molecule has 1 saturated heterocycles. The predicted octanol–water partition coefficient (Wildman–Crippen LogP) is 2.99. The van der Waals surface area contributed by atoms with Gasteiger partial charge in [0.15, 0.2) is 0 Å². The van der Waals surface area contributed by atoms with Crippen molar-refractivity contribution in [2.24, 2.45) is 0 Å². The Balaban J connectivity index is 0.000000218. The summed E-state index contributed by atoms with van der Waals surface area (Å²) in [5.41, 5.74) is 6.38. The molecule has 2 amide bonds. The average molecular weight is 833 g/mol. The maximum absolute atomic E-state index is 12.0. The summed E-state index contributed by atoms with van der Waals surface area (Å²) in [4.78, 5) is 61.7. The molecule has 16 nitrogen and oxygen atoms in total. The van der Waals surface area contributed by atoms with Crippen molar-refractivity contribution in [3.05, 3.63) is 88.8 Å². The third-order valence-corrected chi connectivity index (χ3v) is 9.56. The smallest absolute Gasteiger partial charge is 0.417 e. The highest BCUT2D eigenvalue weighted by Gasteiger charge is 2.32. The molecule has 0 radical (unpaired) electrons. The van der Waals surface area contributed by atoms with Gasteiger partial charge in [0.25, 0.3) is 0 Å². The Bertz CT molecular complexity index is 1600. The monoisotopic (exact) mass is 833 g/mol. The molecule has 3 aromatic rings. The Kier molecular flexibility index (Phi) is 24.2. The van der Waals surface area contributed by atoms with Gasteiger partial charge in [0.1, 0.15) is 0 Å². The Morgan fingerprint density at radius 3 is 1.23 bits per heavy atom. The normalized spacial score (nSPS) is 17.3. The van der Waals surface area contributed by atoms with Crippen LogP contribution in [0.15, 0.2) is 54.6 Å². The first-order chi connectivity index (χ1) is 28.9. The molecule has 1 fully saturated rings. The molecule has 0 atom stereocenters. The molecule has 330 valence electrons. The molecular formula is C44H68N10O6. The number of piperazine rings is 1. The van der Waals surface area contributed by atoms with Crippen LogP contribution in [-0.4, -0.2) is 114 Å². The van der Waals surface area contributed by atoms with Gasteiger partial charge in [0.05, 0.1) is 53.9 Å². The zero-order valence-corrected chi connectivity index (χ0v) is 34.9. The van der Waals surface area contributed by atoms with Crippen LogP contribution in [0, 0.1) is 0 Å². The van der Waals surface area contributed by atoms with E-state index >= 15 is 0 Å². The lowest BCUT2D eigenvalue weighted by molar-refractivity contribution is -0.167. The average Bonchev–Trinajstić information content (AvgIpc) is 3.24. The van der Waals surface area contributed by atoms with E-state index in [1.54, 1.807) is 23.6 Å². The number of esters is 2. The minimum Gasteiger partial charge on any atom is -0.458 e. The van der Waals surface area contributed by atoms with Crippen molar-refractivity contribution < 1.29 is 28.7 Å². The maximum atomic E-state index is 12.0. The van der Waals surface area contributed by atoms with Crippen LogP contribution in [0.3, 0.4) is 0 Å². The number of hydrogen-bond donors (Lipinski definition) is 5. The van der Waals surface area contributed by atoms with Crippen molar-refractivity contribution in [1.29, 1.82) is 0 Å². The number of carbonyl (C=O) groups excluding carboxylic acids is 4. The zero-order valence-electron chi connectivity index (χ0n) is 34.9. The lowest BCUT2D eigenvalue weighted by Gasteiger charge is -2.34. The van der Waals surface area contributed by atoms with Crippen LogP contribution in [0.2, 0.25) is 0 Å². The number of pyridine rings is 3. The molecule has 8 rings (SSSR count). The third kappa shape index (κ3) is 19.0. The Labute approximate surface area is 356 Å². The van der Waals surface area contributed by atoms with Crippen LogP contribution in [-0.2, 0) is 67.9 Å². The lowest BCUT2D eigenvalue weighted by atomic mass is 10.2. The maximum Gasteiger partial charge on any atom is 0.417 e. The van der Waals surface area contributed by atoms with Crippen molar-refractivity contribution >= 4 is 23.8 Å². The van der Waals surface area contributed by atoms with Gasteiger partial charge in [-0.3, -0.25) is 24.5 Å². The van der Waals surface area contributed by atoms with Crippen LogP contribution in [0.1, 0.15) is 94.0 Å². The number of aromatic nitrogens is 3. The van der Waals surface area contributed by atoms with E-state index in [1.165, 1.54) is 38.5 Å². The molecule has 8 heterocycles. The summed E-state index contributed by atoms with van der Waals surface area (Å²) in [6, 6.07) is 18.3. The fourth-order valence-corrected chi connectivity index (χ4v) is 6.47. The second kappa shape index (κ2) is 29.4. The van der Waals surface area contributed by atoms with Crippen LogP contribution >= 0.6 is 0 Å². The quantitative estimate of drug-likeness (QED) is 0.187. The number of rotatable bonds is 2. The summed E-state index contributed by atoms with van der Waals surface area (Å²) in [5.74, 6) is -2.67. The van der Waals surface area contributed by atoms with Crippen LogP contribution < -0.4 is 26.6 Å². The van der Waals surface area contributed by atoms with E-state index in [0.717, 1.165) is 86.5 Å². The van der Waals surface area contributed by atoms with Gasteiger partial charge >= 0.3 is 23.8 Å². The first-order valence-electron chi connectivity index (χ1n) is 21.2. The van der Waals surface area contributed by atoms with Crippen molar-refractivity contribution in [3.63, 3.8) is 0 Å². The number of ether oxygens (including phenoxy) is 2. The Hall–Kier alpha value is -4.87. The highest BCUT2D eigenvalue weighted by molar-refractivity contribution is 6.35. The molecular weight excluding hydrogens is 765 g/mol. The molecule has 5 N–H and O–H groups in total. The molecule has 0 aromatic carbocycles. The third-order valence-electron chi connectivity index (χ3n) is 9.56. The first-order valence-corrected chi connectivity index (χ1v) is 21.2. The minimum atomic E-state index is -0.927. The molecule has 0 saturated carbocycles. The van der Waals surface area contributed by atoms with Gasteiger partial charge in [-0.15, -0.1) is 0 Å². The summed E-state index contributed by atoms with van der Waals surface area (Å²) in [6.07, 6.45) is 7.67. The predicted molar refractivity (Wildman–Crippen MR) is 231 cm³/mol. The summed E-state index contributed by atoms with van der Waals surface area (Å²) in [6.45, 7) is 15.1. The first kappa shape index (κ1) is 49.5. The SMILES string of the molecule is C.CCOC(=O)C(=O)OCC.O=C1C(=O)N2CCN1CCNCc1cccc(n1)C2.c1cc2nc(c1)CNCCCCCNC2.c1cc2nc(c1)CNCCCCCNC2. The number of fused-ring (bicyclic) bond motifs is 9. The van der Waals surface area contributed by atoms with E-state index in [2.05, 4.69) is 87.4 Å². The van der Waals surface area contributed by atoms with E-state index in [9.17, 15) is 19.2 Å². The molecule has 5 aliphatic heterocycles. The van der Waals surface area contributed by atoms with Crippen molar-refractivity contribution in [2.45, 2.75) is 99.1 Å². The molecule has 8 bridgehead atoms. The van der Waals surface area contributed by atoms with Crippen LogP contribution in [0.5, 0.6) is 0 Å². The van der Waals surface area contributed by atoms with Gasteiger partial charge in [-0.1, -0.05) is 38.5 Å². The largest absolute Gasteiger partial charge is 0.458 e. The van der Waals surface area contributed by atoms with Gasteiger partial charge in [0, 0.05) is 58.9 Å². The van der Waals surface area contributed by atoms with E-state index in [0.29, 0.717) is 39.3 Å². The van der Waals surface area contributed by atoms with Crippen LogP contribution in [0.25, 0.3) is 0 Å². The van der Waals surface area contributed by atoms with E-state index < -0.39 is 23.8 Å². The minimum absolute atomic E-state index is 0. The topological polar surface area (TPSA) is 192 Å². The Morgan fingerprint density at radius 2 is 0.833 bits per heavy atom. The van der Waals surface area contributed by atoms with E-state index in [4.69, 9.17) is 0 Å². The molecule has 16 heteroatoms. The molecule has 0 aliphatic carbocycles. The van der Waals surface area contributed by atoms with Gasteiger partial charge in [-0.25, -0.2) is 9.59 Å². The number of carbonyl (C=O) groups is 4. The fraction of sp³-hybridized carbons (Fsp3) is 0.568. The lowest BCUT2D eigenvalue weighted by Crippen LogP contribution is -2.55. The van der Waals surface area contributed by atoms with Crippen molar-refractivity contribution in [2.75, 3.05) is 65.6 Å². The molecule has 3 aromatic heterocycles. The molecule has 0 spiro atoms. The van der Waals surface area contributed by atoms with Gasteiger partial charge < -0.3 is 45.9 Å². The van der Waals surface area contributed by atoms with Crippen molar-refractivity contribution in [1.82, 2.24) is 51.3 Å². The van der Waals surface area contributed by atoms with Crippen LogP contribution in [0.4, 0.5) is 0 Å². The number of nitrogens with zero attached hydrogens (tertiary/aromatic N) is 5. The second-order valence-electron chi connectivity index (χ2n) is 14.3. The highest BCUT2D eigenvalue weighted by Crippen LogP contribution is 2.11. The summed E-state index contributed by atoms with van der Waals surface area (Å²) < 4.78 is 8.69. The standard InChI is InChI=1S/C13H16N4O2.2C12H19N3.C6H10O4.CH4/c18-12-13(19)17-7-6-16(12)5-4-14-8-10-2-1-3-11(9-17)15-10;2*1-2-7-13-9-11-5-4-6-12(15-11)10-14-8-3-1;1-3-9-5(7)6(8)10-4-2;/h1-3,14H,4-9H2;2*4-6,13-14H,1-3,7-10H2;3-4H2,1-2H3;1H4. The number of amides is 2. The summed E-state index contributed by atoms with van der Waals surface area (Å²) in [7, 11) is 0. The highest BCUT2D eigenvalue weighted by atomic mass is 16.6.